The van der Waals surface area contributed by atoms with E-state index in [1.54, 1.807) is 17.0 Å². The topological polar surface area (TPSA) is 61.4 Å². The average molecular weight is 293 g/mol. The Bertz CT molecular complexity index is 516. The molecule has 1 aliphatic rings. The van der Waals surface area contributed by atoms with E-state index in [0.717, 1.165) is 0 Å². The normalized spacial score (nSPS) is 18.2. The van der Waals surface area contributed by atoms with Gasteiger partial charge in [-0.3, -0.25) is 4.79 Å². The molecule has 0 bridgehead atoms. The number of amides is 3. The first-order chi connectivity index (χ1) is 9.97. The van der Waals surface area contributed by atoms with Crippen LogP contribution >= 0.6 is 0 Å². The van der Waals surface area contributed by atoms with Crippen molar-refractivity contribution in [3.63, 3.8) is 0 Å². The van der Waals surface area contributed by atoms with Gasteiger partial charge in [0.05, 0.1) is 0 Å². The Balaban J connectivity index is 1.92. The smallest absolute Gasteiger partial charge is 0.315 e. The summed E-state index contributed by atoms with van der Waals surface area (Å²) >= 11 is 0. The molecule has 1 aromatic carbocycles. The largest absolute Gasteiger partial charge is 0.338 e. The number of benzene rings is 1. The minimum atomic E-state index is -0.526. The van der Waals surface area contributed by atoms with Crippen molar-refractivity contribution in [2.45, 2.75) is 26.3 Å². The van der Waals surface area contributed by atoms with Gasteiger partial charge in [-0.15, -0.1) is 0 Å². The third-order valence-electron chi connectivity index (χ3n) is 3.32. The first kappa shape index (κ1) is 15.3. The molecular weight excluding hydrogens is 273 g/mol. The Morgan fingerprint density at radius 2 is 2.05 bits per heavy atom. The second-order valence-corrected chi connectivity index (χ2v) is 5.56. The molecule has 2 rings (SSSR count). The minimum absolute atomic E-state index is 0.165. The van der Waals surface area contributed by atoms with Crippen LogP contribution in [0.1, 0.15) is 20.3 Å². The molecule has 1 aliphatic heterocycles. The standard InChI is InChI=1S/C15H20FN3O2/c1-10(2)9-17-15(21)18-13-7-8-19(14(13)20)12-5-3-11(16)4-6-12/h3-6,10,13H,7-9H2,1-2H3,(H2,17,18,21)/t13-/m1/s1. The zero-order valence-corrected chi connectivity index (χ0v) is 12.2. The van der Waals surface area contributed by atoms with Gasteiger partial charge in [-0.25, -0.2) is 9.18 Å². The molecule has 0 unspecified atom stereocenters. The Labute approximate surface area is 123 Å². The lowest BCUT2D eigenvalue weighted by Crippen LogP contribution is -2.46. The van der Waals surface area contributed by atoms with Gasteiger partial charge >= 0.3 is 6.03 Å². The summed E-state index contributed by atoms with van der Waals surface area (Å²) in [6.45, 7) is 5.07. The van der Waals surface area contributed by atoms with E-state index in [9.17, 15) is 14.0 Å². The zero-order valence-electron chi connectivity index (χ0n) is 12.2. The molecule has 0 aromatic heterocycles. The Morgan fingerprint density at radius 1 is 1.38 bits per heavy atom. The number of hydrogen-bond donors (Lipinski definition) is 2. The lowest BCUT2D eigenvalue weighted by atomic mass is 10.2. The fourth-order valence-corrected chi connectivity index (χ4v) is 2.20. The molecular formula is C15H20FN3O2. The van der Waals surface area contributed by atoms with E-state index in [4.69, 9.17) is 0 Å². The highest BCUT2D eigenvalue weighted by atomic mass is 19.1. The van der Waals surface area contributed by atoms with Crippen LogP contribution in [0.15, 0.2) is 24.3 Å². The van der Waals surface area contributed by atoms with Crippen LogP contribution in [0.2, 0.25) is 0 Å². The summed E-state index contributed by atoms with van der Waals surface area (Å²) in [5, 5.41) is 5.40. The van der Waals surface area contributed by atoms with Crippen molar-refractivity contribution in [1.29, 1.82) is 0 Å². The van der Waals surface area contributed by atoms with Crippen LogP contribution in [0.4, 0.5) is 14.9 Å². The molecule has 1 aromatic rings. The van der Waals surface area contributed by atoms with E-state index in [-0.39, 0.29) is 17.8 Å². The summed E-state index contributed by atoms with van der Waals surface area (Å²) in [7, 11) is 0. The van der Waals surface area contributed by atoms with Crippen LogP contribution in [0, 0.1) is 11.7 Å². The van der Waals surface area contributed by atoms with Gasteiger partial charge in [-0.05, 0) is 36.6 Å². The van der Waals surface area contributed by atoms with E-state index in [1.807, 2.05) is 13.8 Å². The maximum absolute atomic E-state index is 12.9. The van der Waals surface area contributed by atoms with Gasteiger partial charge in [-0.1, -0.05) is 13.8 Å². The predicted molar refractivity (Wildman–Crippen MR) is 78.5 cm³/mol. The minimum Gasteiger partial charge on any atom is -0.338 e. The van der Waals surface area contributed by atoms with Crippen molar-refractivity contribution < 1.29 is 14.0 Å². The summed E-state index contributed by atoms with van der Waals surface area (Å²) in [5.74, 6) is -0.153. The number of nitrogens with zero attached hydrogens (tertiary/aromatic N) is 1. The third kappa shape index (κ3) is 3.93. The lowest BCUT2D eigenvalue weighted by Gasteiger charge is -2.17. The first-order valence-corrected chi connectivity index (χ1v) is 7.08. The summed E-state index contributed by atoms with van der Waals surface area (Å²) in [5.41, 5.74) is 0.647. The van der Waals surface area contributed by atoms with Crippen molar-refractivity contribution in [1.82, 2.24) is 10.6 Å². The highest BCUT2D eigenvalue weighted by molar-refractivity contribution is 6.01. The van der Waals surface area contributed by atoms with Crippen molar-refractivity contribution in [3.8, 4) is 0 Å². The maximum Gasteiger partial charge on any atom is 0.315 e. The van der Waals surface area contributed by atoms with Crippen LogP contribution in [-0.2, 0) is 4.79 Å². The van der Waals surface area contributed by atoms with Crippen molar-refractivity contribution in [3.05, 3.63) is 30.1 Å². The number of carbonyl (C=O) groups is 2. The van der Waals surface area contributed by atoms with Gasteiger partial charge in [0.15, 0.2) is 0 Å². The molecule has 0 aliphatic carbocycles. The van der Waals surface area contributed by atoms with Crippen LogP contribution in [0.3, 0.4) is 0 Å². The van der Waals surface area contributed by atoms with Crippen LogP contribution < -0.4 is 15.5 Å². The summed E-state index contributed by atoms with van der Waals surface area (Å²) < 4.78 is 12.9. The van der Waals surface area contributed by atoms with Crippen LogP contribution in [0.25, 0.3) is 0 Å². The van der Waals surface area contributed by atoms with E-state index < -0.39 is 6.04 Å². The van der Waals surface area contributed by atoms with E-state index in [1.165, 1.54) is 12.1 Å². The molecule has 21 heavy (non-hydrogen) atoms. The summed E-state index contributed by atoms with van der Waals surface area (Å²) in [4.78, 5) is 25.5. The molecule has 1 saturated heterocycles. The molecule has 2 N–H and O–H groups in total. The van der Waals surface area contributed by atoms with Crippen molar-refractivity contribution in [2.24, 2.45) is 5.92 Å². The number of carbonyl (C=O) groups excluding carboxylic acids is 2. The Morgan fingerprint density at radius 3 is 2.67 bits per heavy atom. The van der Waals surface area contributed by atoms with Gasteiger partial charge in [0, 0.05) is 18.8 Å². The first-order valence-electron chi connectivity index (χ1n) is 7.08. The van der Waals surface area contributed by atoms with Gasteiger partial charge < -0.3 is 15.5 Å². The molecule has 1 heterocycles. The van der Waals surface area contributed by atoms with Crippen molar-refractivity contribution in [2.75, 3.05) is 18.0 Å². The second kappa shape index (κ2) is 6.56. The fraction of sp³-hybridized carbons (Fsp3) is 0.467. The number of nitrogens with one attached hydrogen (secondary N) is 2. The maximum atomic E-state index is 12.9. The molecule has 1 fully saturated rings. The second-order valence-electron chi connectivity index (χ2n) is 5.56. The van der Waals surface area contributed by atoms with Gasteiger partial charge in [0.1, 0.15) is 11.9 Å². The number of rotatable bonds is 4. The molecule has 6 heteroatoms. The Kier molecular flexibility index (Phi) is 4.77. The number of halogens is 1. The number of anilines is 1. The molecule has 0 saturated carbocycles. The van der Waals surface area contributed by atoms with Gasteiger partial charge in [0.25, 0.3) is 0 Å². The molecule has 5 nitrogen and oxygen atoms in total. The summed E-state index contributed by atoms with van der Waals surface area (Å²) in [6, 6.07) is 4.91. The van der Waals surface area contributed by atoms with Gasteiger partial charge in [-0.2, -0.15) is 0 Å². The monoisotopic (exact) mass is 293 g/mol. The highest BCUT2D eigenvalue weighted by Crippen LogP contribution is 2.21. The van der Waals surface area contributed by atoms with E-state index in [0.29, 0.717) is 31.1 Å². The van der Waals surface area contributed by atoms with Crippen LogP contribution in [0.5, 0.6) is 0 Å². The molecule has 3 amide bonds. The van der Waals surface area contributed by atoms with Gasteiger partial charge in [0.2, 0.25) is 5.91 Å². The Hall–Kier alpha value is -2.11. The van der Waals surface area contributed by atoms with E-state index >= 15 is 0 Å². The molecule has 1 atom stereocenters. The average Bonchev–Trinajstić information content (AvgIpc) is 2.79. The highest BCUT2D eigenvalue weighted by Gasteiger charge is 2.33. The summed E-state index contributed by atoms with van der Waals surface area (Å²) in [6.07, 6.45) is 0.547. The molecule has 0 radical (unpaired) electrons. The fourth-order valence-electron chi connectivity index (χ4n) is 2.20. The molecule has 114 valence electrons. The lowest BCUT2D eigenvalue weighted by molar-refractivity contribution is -0.118. The van der Waals surface area contributed by atoms with E-state index in [2.05, 4.69) is 10.6 Å². The predicted octanol–water partition coefficient (Wildman–Crippen LogP) is 1.89. The van der Waals surface area contributed by atoms with Crippen LogP contribution in [-0.4, -0.2) is 31.1 Å². The van der Waals surface area contributed by atoms with Crippen molar-refractivity contribution >= 4 is 17.6 Å². The molecule has 0 spiro atoms. The number of urea groups is 1. The zero-order chi connectivity index (χ0) is 15.4. The third-order valence-corrected chi connectivity index (χ3v) is 3.32. The SMILES string of the molecule is CC(C)CNC(=O)N[C@@H]1CCN(c2ccc(F)cc2)C1=O. The quantitative estimate of drug-likeness (QED) is 0.890. The number of hydrogen-bond acceptors (Lipinski definition) is 2.